The quantitative estimate of drug-likeness (QED) is 0.827. The number of anilines is 1. The maximum Gasteiger partial charge on any atom is 0.325 e. The number of urea groups is 1. The number of aliphatic hydroxyl groups is 1. The van der Waals surface area contributed by atoms with E-state index in [-0.39, 0.29) is 12.6 Å². The van der Waals surface area contributed by atoms with Crippen LogP contribution in [-0.4, -0.2) is 42.8 Å². The van der Waals surface area contributed by atoms with Gasteiger partial charge in [0.05, 0.1) is 19.3 Å². The number of carbonyl (C=O) groups is 1. The Hall–Kier alpha value is -2.05. The van der Waals surface area contributed by atoms with E-state index in [2.05, 4.69) is 15.9 Å². The second-order valence-corrected chi connectivity index (χ2v) is 7.14. The van der Waals surface area contributed by atoms with E-state index >= 15 is 0 Å². The van der Waals surface area contributed by atoms with Gasteiger partial charge in [0.25, 0.3) is 0 Å². The van der Waals surface area contributed by atoms with Crippen molar-refractivity contribution < 1.29 is 14.6 Å². The van der Waals surface area contributed by atoms with Crippen LogP contribution in [0.25, 0.3) is 0 Å². The Bertz CT molecular complexity index is 766. The Morgan fingerprint density at radius 2 is 1.92 bits per heavy atom. The van der Waals surface area contributed by atoms with Crippen LogP contribution >= 0.6 is 15.9 Å². The molecule has 0 spiro atoms. The summed E-state index contributed by atoms with van der Waals surface area (Å²) in [5.41, 5.74) is 0.887. The van der Waals surface area contributed by atoms with Gasteiger partial charge in [0, 0.05) is 23.2 Å². The third-order valence-electron chi connectivity index (χ3n) is 4.74. The van der Waals surface area contributed by atoms with E-state index in [1.54, 1.807) is 16.9 Å². The molecule has 1 aliphatic rings. The van der Waals surface area contributed by atoms with Crippen molar-refractivity contribution in [2.24, 2.45) is 0 Å². The Balaban J connectivity index is 1.91. The maximum atomic E-state index is 13.0. The molecule has 0 radical (unpaired) electrons. The van der Waals surface area contributed by atoms with Gasteiger partial charge in [-0.3, -0.25) is 4.90 Å². The molecule has 25 heavy (non-hydrogen) atoms. The van der Waals surface area contributed by atoms with Crippen LogP contribution in [0, 0.1) is 0 Å². The van der Waals surface area contributed by atoms with Crippen LogP contribution in [0.15, 0.2) is 53.0 Å². The molecule has 1 heterocycles. The van der Waals surface area contributed by atoms with Crippen molar-refractivity contribution in [2.45, 2.75) is 12.5 Å². The number of aliphatic hydroxyl groups excluding tert-OH is 1. The molecule has 1 saturated heterocycles. The van der Waals surface area contributed by atoms with Gasteiger partial charge < -0.3 is 14.7 Å². The van der Waals surface area contributed by atoms with Crippen LogP contribution < -0.4 is 9.64 Å². The third-order valence-corrected chi connectivity index (χ3v) is 5.27. The highest BCUT2D eigenvalue weighted by Crippen LogP contribution is 2.34. The number of rotatable bonds is 5. The number of nitrogens with zero attached hydrogens (tertiary/aromatic N) is 2. The number of amides is 2. The van der Waals surface area contributed by atoms with Crippen LogP contribution in [0.2, 0.25) is 0 Å². The zero-order valence-corrected chi connectivity index (χ0v) is 15.9. The molecule has 1 N–H and O–H groups in total. The molecule has 2 aromatic rings. The summed E-state index contributed by atoms with van der Waals surface area (Å²) in [7, 11) is 1.60. The zero-order valence-electron chi connectivity index (χ0n) is 14.3. The summed E-state index contributed by atoms with van der Waals surface area (Å²) in [5, 5.41) is 10.1. The van der Waals surface area contributed by atoms with Crippen LogP contribution in [0.3, 0.4) is 0 Å². The highest BCUT2D eigenvalue weighted by molar-refractivity contribution is 9.10. The normalized spacial score (nSPS) is 16.9. The summed E-state index contributed by atoms with van der Waals surface area (Å²) in [6.45, 7) is 2.84. The fourth-order valence-electron chi connectivity index (χ4n) is 3.15. The lowest BCUT2D eigenvalue weighted by Gasteiger charge is -2.37. The van der Waals surface area contributed by atoms with Gasteiger partial charge >= 0.3 is 6.03 Å². The van der Waals surface area contributed by atoms with Gasteiger partial charge in [-0.05, 0) is 48.9 Å². The lowest BCUT2D eigenvalue weighted by molar-refractivity contribution is 0.0821. The van der Waals surface area contributed by atoms with E-state index < -0.39 is 5.54 Å². The molecule has 6 heteroatoms. The first-order chi connectivity index (χ1) is 12.0. The summed E-state index contributed by atoms with van der Waals surface area (Å²) in [6.07, 6.45) is 0. The van der Waals surface area contributed by atoms with Crippen LogP contribution in [0.5, 0.6) is 5.75 Å². The molecule has 5 nitrogen and oxygen atoms in total. The topological polar surface area (TPSA) is 53.0 Å². The van der Waals surface area contributed by atoms with Crippen molar-refractivity contribution in [3.8, 4) is 5.75 Å². The van der Waals surface area contributed by atoms with Crippen LogP contribution in [0.1, 0.15) is 12.5 Å². The SMILES string of the molecule is COc1cccc(C(C)(CO)N2CCN(c3ccc(Br)cc3)C2=O)c1. The van der Waals surface area contributed by atoms with Gasteiger partial charge in [0.15, 0.2) is 0 Å². The number of benzene rings is 2. The molecule has 1 atom stereocenters. The summed E-state index contributed by atoms with van der Waals surface area (Å²) in [6, 6.07) is 15.0. The second kappa shape index (κ2) is 7.06. The van der Waals surface area contributed by atoms with E-state index in [4.69, 9.17) is 4.74 Å². The van der Waals surface area contributed by atoms with Gasteiger partial charge in [0.2, 0.25) is 0 Å². The molecule has 0 bridgehead atoms. The van der Waals surface area contributed by atoms with Crippen molar-refractivity contribution >= 4 is 27.6 Å². The van der Waals surface area contributed by atoms with Crippen LogP contribution in [0.4, 0.5) is 10.5 Å². The number of methoxy groups -OCH3 is 1. The van der Waals surface area contributed by atoms with Gasteiger partial charge in [-0.15, -0.1) is 0 Å². The maximum absolute atomic E-state index is 13.0. The number of hydrogen-bond donors (Lipinski definition) is 1. The predicted molar refractivity (Wildman–Crippen MR) is 101 cm³/mol. The average molecular weight is 405 g/mol. The lowest BCUT2D eigenvalue weighted by Crippen LogP contribution is -2.49. The fraction of sp³-hybridized carbons (Fsp3) is 0.316. The first kappa shape index (κ1) is 17.8. The highest BCUT2D eigenvalue weighted by Gasteiger charge is 2.42. The molecule has 3 rings (SSSR count). The summed E-state index contributed by atoms with van der Waals surface area (Å²) >= 11 is 3.41. The van der Waals surface area contributed by atoms with Gasteiger partial charge in [-0.1, -0.05) is 28.1 Å². The molecule has 0 aromatic heterocycles. The first-order valence-corrected chi connectivity index (χ1v) is 8.89. The second-order valence-electron chi connectivity index (χ2n) is 6.23. The monoisotopic (exact) mass is 404 g/mol. The molecular formula is C19H21BrN2O3. The molecule has 1 fully saturated rings. The predicted octanol–water partition coefficient (Wildman–Crippen LogP) is 3.61. The summed E-state index contributed by atoms with van der Waals surface area (Å²) < 4.78 is 6.25. The third kappa shape index (κ3) is 3.24. The van der Waals surface area contributed by atoms with Crippen molar-refractivity contribution in [3.63, 3.8) is 0 Å². The highest BCUT2D eigenvalue weighted by atomic mass is 79.9. The van der Waals surface area contributed by atoms with Crippen molar-refractivity contribution in [2.75, 3.05) is 31.7 Å². The van der Waals surface area contributed by atoms with E-state index in [1.165, 1.54) is 0 Å². The zero-order chi connectivity index (χ0) is 18.0. The fourth-order valence-corrected chi connectivity index (χ4v) is 3.41. The van der Waals surface area contributed by atoms with Crippen LogP contribution in [-0.2, 0) is 5.54 Å². The standard InChI is InChI=1S/C19H21BrN2O3/c1-19(13-23,14-4-3-5-17(12-14)25-2)22-11-10-21(18(22)24)16-8-6-15(20)7-9-16/h3-9,12,23H,10-11,13H2,1-2H3. The molecule has 2 aromatic carbocycles. The Morgan fingerprint density at radius 1 is 1.20 bits per heavy atom. The average Bonchev–Trinajstić information content (AvgIpc) is 3.03. The van der Waals surface area contributed by atoms with Gasteiger partial charge in [-0.25, -0.2) is 4.79 Å². The van der Waals surface area contributed by atoms with Crippen molar-refractivity contribution in [3.05, 3.63) is 58.6 Å². The molecule has 0 aliphatic carbocycles. The molecule has 1 aliphatic heterocycles. The molecule has 2 amide bonds. The molecule has 1 unspecified atom stereocenters. The number of ether oxygens (including phenoxy) is 1. The summed E-state index contributed by atoms with van der Waals surface area (Å²) in [4.78, 5) is 16.5. The number of halogens is 1. The van der Waals surface area contributed by atoms with E-state index in [0.717, 1.165) is 15.7 Å². The Kier molecular flexibility index (Phi) is 5.01. The minimum atomic E-state index is -0.810. The Morgan fingerprint density at radius 3 is 2.56 bits per heavy atom. The molecule has 132 valence electrons. The van der Waals surface area contributed by atoms with E-state index in [0.29, 0.717) is 18.8 Å². The van der Waals surface area contributed by atoms with Gasteiger partial charge in [-0.2, -0.15) is 0 Å². The van der Waals surface area contributed by atoms with Gasteiger partial charge in [0.1, 0.15) is 5.75 Å². The van der Waals surface area contributed by atoms with E-state index in [1.807, 2.05) is 55.5 Å². The van der Waals surface area contributed by atoms with E-state index in [9.17, 15) is 9.90 Å². The Labute approximate surface area is 155 Å². The molecular weight excluding hydrogens is 384 g/mol. The molecule has 0 saturated carbocycles. The van der Waals surface area contributed by atoms with Crippen molar-refractivity contribution in [1.82, 2.24) is 4.90 Å². The number of carbonyl (C=O) groups excluding carboxylic acids is 1. The summed E-state index contributed by atoms with van der Waals surface area (Å²) in [5.74, 6) is 0.702. The minimum absolute atomic E-state index is 0.110. The smallest absolute Gasteiger partial charge is 0.325 e. The van der Waals surface area contributed by atoms with Crippen molar-refractivity contribution in [1.29, 1.82) is 0 Å². The number of hydrogen-bond acceptors (Lipinski definition) is 3. The lowest BCUT2D eigenvalue weighted by atomic mass is 9.91. The largest absolute Gasteiger partial charge is 0.497 e. The minimum Gasteiger partial charge on any atom is -0.497 e. The first-order valence-electron chi connectivity index (χ1n) is 8.09.